The number of nitrogens with zero attached hydrogens (tertiary/aromatic N) is 11. The Kier molecular flexibility index (Phi) is 43.0. The van der Waals surface area contributed by atoms with E-state index in [1.165, 1.54) is 4.67 Å². The van der Waals surface area contributed by atoms with E-state index in [-0.39, 0.29) is 71.5 Å². The summed E-state index contributed by atoms with van der Waals surface area (Å²) in [6.07, 6.45) is 4.24. The van der Waals surface area contributed by atoms with Gasteiger partial charge in [0.2, 0.25) is 0 Å². The van der Waals surface area contributed by atoms with E-state index >= 15 is 0 Å². The molecule has 0 radical (unpaired) electrons. The van der Waals surface area contributed by atoms with E-state index in [9.17, 15) is 54.8 Å². The molecule has 0 saturated carbocycles. The van der Waals surface area contributed by atoms with E-state index in [1.54, 1.807) is 53.8 Å². The first-order valence-corrected chi connectivity index (χ1v) is 70.0. The second-order valence-corrected chi connectivity index (χ2v) is 73.8. The third-order valence-corrected chi connectivity index (χ3v) is 52.2. The van der Waals surface area contributed by atoms with Gasteiger partial charge in [-0.3, -0.25) is 109 Å². The Morgan fingerprint density at radius 3 is 0.554 bits per heavy atom. The van der Waals surface area contributed by atoms with Crippen LogP contribution in [0.2, 0.25) is 0 Å². The Bertz CT molecular complexity index is 4740. The van der Waals surface area contributed by atoms with Gasteiger partial charge in [0, 0.05) is 204 Å². The van der Waals surface area contributed by atoms with Crippen LogP contribution in [0.15, 0.2) is 0 Å². The number of nitrogens with one attached hydrogen (secondary N) is 1. The number of hydrogen-bond donors (Lipinski definition) is 1. The van der Waals surface area contributed by atoms with E-state index < -0.39 is 93.0 Å². The molecule has 1 atom stereocenters. The van der Waals surface area contributed by atoms with Crippen LogP contribution in [-0.4, -0.2) is 361 Å². The van der Waals surface area contributed by atoms with E-state index in [4.69, 9.17) is 109 Å². The van der Waals surface area contributed by atoms with Gasteiger partial charge in [0.15, 0.2) is 0 Å². The van der Waals surface area contributed by atoms with E-state index in [0.29, 0.717) is 302 Å². The molecule has 0 aliphatic carbocycles. The quantitative estimate of drug-likeness (QED) is 0.125. The molecule has 60 heteroatoms. The van der Waals surface area contributed by atoms with Gasteiger partial charge in [-0.25, -0.2) is 111 Å². The maximum absolute atomic E-state index is 13.1. The minimum atomic E-state index is -3.29. The summed E-state index contributed by atoms with van der Waals surface area (Å²) in [4.78, 5) is 0. The number of piperazine rings is 4. The number of hydrogen-bond acceptors (Lipinski definition) is 36. The summed E-state index contributed by atoms with van der Waals surface area (Å²) < 4.78 is 307. The normalized spacial score (nSPS) is 36.4. The van der Waals surface area contributed by atoms with Crippen LogP contribution >= 0.6 is 93.0 Å². The zero-order valence-electron chi connectivity index (χ0n) is 92.5. The third-order valence-electron chi connectivity index (χ3n) is 28.6. The van der Waals surface area contributed by atoms with Crippen molar-refractivity contribution in [2.24, 2.45) is 65.0 Å². The summed E-state index contributed by atoms with van der Waals surface area (Å²) in [5.74, 6) is 0. The number of likely N-dealkylation sites (N-methyl/N-ethyl adjacent to an activating group) is 1. The molecular weight excluding hydrogens is 2170 g/mol. The summed E-state index contributed by atoms with van der Waals surface area (Å²) in [6.45, 7) is 68.3. The smallest absolute Gasteiger partial charge is 0.297 e. The van der Waals surface area contributed by atoms with Gasteiger partial charge >= 0.3 is 93.0 Å². The fourth-order valence-corrected chi connectivity index (χ4v) is 40.4. The molecule has 1 N–H and O–H groups in total. The Morgan fingerprint density at radius 1 is 0.209 bits per heavy atom. The first kappa shape index (κ1) is 128. The summed E-state index contributed by atoms with van der Waals surface area (Å²) in [6, 6.07) is 0. The zero-order chi connectivity index (χ0) is 109. The molecule has 1 unspecified atom stereocenters. The van der Waals surface area contributed by atoms with Crippen molar-refractivity contribution in [3.63, 3.8) is 0 Å². The van der Waals surface area contributed by atoms with Crippen LogP contribution in [0.1, 0.15) is 198 Å². The molecule has 48 nitrogen and oxygen atoms in total. The molecule has 0 bridgehead atoms. The van der Waals surface area contributed by atoms with Crippen LogP contribution in [0.5, 0.6) is 0 Å². The minimum absolute atomic E-state index is 0.0465. The van der Waals surface area contributed by atoms with Crippen molar-refractivity contribution < 1.29 is 163 Å². The van der Waals surface area contributed by atoms with Crippen molar-refractivity contribution in [3.05, 3.63) is 0 Å². The highest BCUT2D eigenvalue weighted by molar-refractivity contribution is 7.55. The predicted octanol–water partition coefficient (Wildman–Crippen LogP) is 19.7. The molecule has 0 aromatic carbocycles. The van der Waals surface area contributed by atoms with Gasteiger partial charge in [0.05, 0.1) is 159 Å². The van der Waals surface area contributed by atoms with Crippen molar-refractivity contribution in [3.8, 4) is 0 Å². The van der Waals surface area contributed by atoms with Crippen molar-refractivity contribution in [1.82, 2.24) is 56.5 Å². The molecule has 0 spiro atoms. The highest BCUT2D eigenvalue weighted by Crippen LogP contribution is 2.69. The van der Waals surface area contributed by atoms with E-state index in [0.717, 1.165) is 25.7 Å². The average Bonchev–Trinajstić information content (AvgIpc) is 0.861. The average molecular weight is 2350 g/mol. The summed E-state index contributed by atoms with van der Waals surface area (Å²) in [7, 11) is -37.5. The van der Waals surface area contributed by atoms with Crippen LogP contribution in [0.4, 0.5) is 0 Å². The molecule has 17 fully saturated rings. The molecule has 17 saturated heterocycles. The van der Waals surface area contributed by atoms with Crippen LogP contribution in [0.3, 0.4) is 0 Å². The molecule has 0 aromatic rings. The van der Waals surface area contributed by atoms with Gasteiger partial charge in [-0.15, -0.1) is 0 Å². The van der Waals surface area contributed by atoms with Gasteiger partial charge in [-0.1, -0.05) is 166 Å². The maximum Gasteiger partial charge on any atom is 0.408 e. The molecule has 0 aromatic heterocycles. The lowest BCUT2D eigenvalue weighted by Crippen LogP contribution is -2.47. The Balaban J connectivity index is 0.000000158. The van der Waals surface area contributed by atoms with Gasteiger partial charge in [0.25, 0.3) is 0 Å². The Morgan fingerprint density at radius 2 is 0.365 bits per heavy atom. The largest absolute Gasteiger partial charge is 0.408 e. The summed E-state index contributed by atoms with van der Waals surface area (Å²) >= 11 is 0. The third kappa shape index (κ3) is 34.3. The summed E-state index contributed by atoms with van der Waals surface area (Å²) in [5.41, 5.74) is -1.38. The van der Waals surface area contributed by atoms with Gasteiger partial charge in [0.1, 0.15) is 0 Å². The molecular formula is C88H178N12O36P12. The first-order valence-electron chi connectivity index (χ1n) is 52.0. The Labute approximate surface area is 880 Å². The SMILES string of the molecule is CC1(C)CCOP(=O)(N2CCN(P3(=O)OCC(C)(C)CO3)CC2)OC1.CC1(C)COP(=O)(N2CCCN(P3(=O)OCC(C)(C)CO3)CC2)OC1.CC1(C)COP(=O)(N2CCN(P3(=O)OCC(C)(C)CO3)CC2)OC1.CCC1(C)COP(=O)(N2CCN(P3(=O)OCC(C)(C)CO3)CC2)OC1.CCC1(C)COP(=O)(N2CCN(P3(=O)OCC(C)(CC)CO3)CC2)OC1.CN(CCNP1(=O)OCC(C)(C)CO1)P1(=O)OCC(C)(C)CO1. The second kappa shape index (κ2) is 49.8. The second-order valence-electron chi connectivity index (χ2n) is 49.7. The standard InChI is InChI=1S/C16H32N2O6P2.3C15H30N2O6P2.C14H28N2O6P2.C13H28N2O6P2/c1-5-15(3)11-21-25(19,22-12-15)17-7-9-18(10-8-17)26(20)23-13-16(4,6-2)14-24-26;1-14(2)5-10-20-24(18,21-11-14)16-6-8-17(9-7-16)25(19)22-12-15(3,4)13-23-25;1-14(2)10-20-24(18,21-11-14)16-6-5-7-17(9-8-16)25(19)22-12-15(3,4)13-23-25;1-5-15(4)12-22-25(19,23-13-15)17-8-6-16(7-9-17)24(18)20-10-14(2,3)11-21-24;1-13(2)9-19-23(17,20-10-13)15-5-7-16(8-6-15)24(18)21-11-14(3,4)12-22-24;1-12(2)8-18-22(16,19-9-12)14-6-7-15(5)23(17)20-10-13(3,4)11-21-23/h5-14H2,1-4H3;3*5-13H2,1-4H3;5-12H2,1-4H3;6-11H2,1-5H3,(H,14,16). The first-order chi connectivity index (χ1) is 68.3. The van der Waals surface area contributed by atoms with Gasteiger partial charge in [-0.2, -0.15) is 0 Å². The Hall–Kier alpha value is 1.32. The lowest BCUT2D eigenvalue weighted by Gasteiger charge is -2.45. The summed E-state index contributed by atoms with van der Waals surface area (Å²) in [5, 5.41) is 2.78. The molecule has 17 rings (SSSR count). The van der Waals surface area contributed by atoms with Gasteiger partial charge in [-0.05, 0) is 44.6 Å². The molecule has 0 amide bonds. The van der Waals surface area contributed by atoms with Crippen LogP contribution in [-0.2, 0) is 163 Å². The number of rotatable bonds is 18. The minimum Gasteiger partial charge on any atom is -0.297 e. The van der Waals surface area contributed by atoms with Crippen LogP contribution < -0.4 is 5.09 Å². The fraction of sp³-hybridized carbons (Fsp3) is 1.00. The topological polar surface area (TPSA) is 474 Å². The lowest BCUT2D eigenvalue weighted by molar-refractivity contribution is -0.00537. The van der Waals surface area contributed by atoms with E-state index in [2.05, 4.69) is 60.5 Å². The predicted molar refractivity (Wildman–Crippen MR) is 559 cm³/mol. The lowest BCUT2D eigenvalue weighted by atomic mass is 9.90. The van der Waals surface area contributed by atoms with Crippen molar-refractivity contribution in [2.75, 3.05) is 310 Å². The van der Waals surface area contributed by atoms with Crippen LogP contribution in [0, 0.1) is 65.0 Å². The molecule has 17 aliphatic heterocycles. The highest BCUT2D eigenvalue weighted by Gasteiger charge is 2.56. The van der Waals surface area contributed by atoms with Crippen LogP contribution in [0.25, 0.3) is 0 Å². The molecule has 17 aliphatic rings. The fourth-order valence-electron chi connectivity index (χ4n) is 16.3. The van der Waals surface area contributed by atoms with E-state index in [1.807, 2.05) is 111 Å². The maximum atomic E-state index is 13.1. The molecule has 17 heterocycles. The highest BCUT2D eigenvalue weighted by atomic mass is 31.2. The van der Waals surface area contributed by atoms with Crippen molar-refractivity contribution >= 4 is 93.0 Å². The molecule has 866 valence electrons. The molecule has 148 heavy (non-hydrogen) atoms. The van der Waals surface area contributed by atoms with Crippen molar-refractivity contribution in [2.45, 2.75) is 198 Å². The van der Waals surface area contributed by atoms with Gasteiger partial charge < -0.3 is 0 Å². The zero-order valence-corrected chi connectivity index (χ0v) is 103. The monoisotopic (exact) mass is 2350 g/mol. The van der Waals surface area contributed by atoms with Crippen molar-refractivity contribution in [1.29, 1.82) is 0 Å².